The van der Waals surface area contributed by atoms with Gasteiger partial charge in [-0.05, 0) is 24.3 Å². The standard InChI is InChI=1S/C15H13N3O3S/c19-8-4-1-3-7-10(8)11(9-5-2-6-22-9)12-13(16-7)17-15(21)18-14(12)20/h2,5-6,11H,1,3-4H2,(H3,16,17,18,20,21). The maximum Gasteiger partial charge on any atom is 0.327 e. The van der Waals surface area contributed by atoms with E-state index in [9.17, 15) is 14.4 Å². The third kappa shape index (κ3) is 1.89. The quantitative estimate of drug-likeness (QED) is 0.746. The zero-order chi connectivity index (χ0) is 15.3. The van der Waals surface area contributed by atoms with Crippen molar-refractivity contribution in [3.8, 4) is 0 Å². The first-order chi connectivity index (χ1) is 10.6. The van der Waals surface area contributed by atoms with Crippen LogP contribution in [0.3, 0.4) is 0 Å². The highest BCUT2D eigenvalue weighted by atomic mass is 32.1. The van der Waals surface area contributed by atoms with Crippen LogP contribution < -0.4 is 16.6 Å². The van der Waals surface area contributed by atoms with Crippen LogP contribution in [-0.2, 0) is 4.79 Å². The molecule has 2 aromatic heterocycles. The van der Waals surface area contributed by atoms with Gasteiger partial charge in [-0.1, -0.05) is 6.07 Å². The number of H-pyrrole nitrogens is 2. The molecular weight excluding hydrogens is 302 g/mol. The van der Waals surface area contributed by atoms with Gasteiger partial charge in [-0.3, -0.25) is 19.6 Å². The average molecular weight is 315 g/mol. The number of thiophene rings is 1. The predicted octanol–water partition coefficient (Wildman–Crippen LogP) is 1.69. The number of hydrogen-bond donors (Lipinski definition) is 3. The summed E-state index contributed by atoms with van der Waals surface area (Å²) in [7, 11) is 0. The van der Waals surface area contributed by atoms with E-state index in [1.165, 1.54) is 11.3 Å². The lowest BCUT2D eigenvalue weighted by Crippen LogP contribution is -2.35. The van der Waals surface area contributed by atoms with Crippen molar-refractivity contribution in [1.82, 2.24) is 9.97 Å². The molecule has 0 amide bonds. The summed E-state index contributed by atoms with van der Waals surface area (Å²) in [6, 6.07) is 3.82. The van der Waals surface area contributed by atoms with Gasteiger partial charge in [0.05, 0.1) is 11.5 Å². The summed E-state index contributed by atoms with van der Waals surface area (Å²) in [4.78, 5) is 42.2. The molecule has 0 spiro atoms. The SMILES string of the molecule is O=C1CCCC2=C1C(c1cccs1)c1c([nH]c(=O)[nH]c1=O)N2. The Labute approximate surface area is 128 Å². The van der Waals surface area contributed by atoms with Crippen LogP contribution in [0.25, 0.3) is 0 Å². The molecule has 0 radical (unpaired) electrons. The van der Waals surface area contributed by atoms with E-state index in [0.717, 1.165) is 23.4 Å². The lowest BCUT2D eigenvalue weighted by molar-refractivity contribution is -0.116. The van der Waals surface area contributed by atoms with Crippen LogP contribution in [0.2, 0.25) is 0 Å². The van der Waals surface area contributed by atoms with Crippen LogP contribution in [0.15, 0.2) is 38.4 Å². The first-order valence-corrected chi connectivity index (χ1v) is 7.96. The number of carbonyl (C=O) groups is 1. The van der Waals surface area contributed by atoms with E-state index in [1.54, 1.807) is 0 Å². The second-order valence-corrected chi connectivity index (χ2v) is 6.42. The van der Waals surface area contributed by atoms with Crippen LogP contribution in [0.4, 0.5) is 5.82 Å². The van der Waals surface area contributed by atoms with Crippen molar-refractivity contribution in [3.63, 3.8) is 0 Å². The Kier molecular flexibility index (Phi) is 2.90. The molecule has 0 saturated carbocycles. The van der Waals surface area contributed by atoms with E-state index < -0.39 is 17.2 Å². The molecule has 0 saturated heterocycles. The Balaban J connectivity index is 2.03. The highest BCUT2D eigenvalue weighted by Crippen LogP contribution is 2.43. The average Bonchev–Trinajstić information content (AvgIpc) is 2.99. The van der Waals surface area contributed by atoms with Crippen molar-refractivity contribution in [1.29, 1.82) is 0 Å². The van der Waals surface area contributed by atoms with Gasteiger partial charge in [0.15, 0.2) is 5.78 Å². The van der Waals surface area contributed by atoms with Crippen LogP contribution in [0, 0.1) is 0 Å². The van der Waals surface area contributed by atoms with E-state index in [-0.39, 0.29) is 5.78 Å². The van der Waals surface area contributed by atoms with Crippen molar-refractivity contribution in [2.24, 2.45) is 0 Å². The Morgan fingerprint density at radius 3 is 2.77 bits per heavy atom. The van der Waals surface area contributed by atoms with Gasteiger partial charge in [0.1, 0.15) is 5.82 Å². The van der Waals surface area contributed by atoms with Crippen molar-refractivity contribution in [3.05, 3.63) is 60.1 Å². The largest absolute Gasteiger partial charge is 0.344 e. The van der Waals surface area contributed by atoms with Gasteiger partial charge >= 0.3 is 5.69 Å². The van der Waals surface area contributed by atoms with E-state index in [2.05, 4.69) is 15.3 Å². The van der Waals surface area contributed by atoms with Crippen molar-refractivity contribution in [2.45, 2.75) is 25.2 Å². The monoisotopic (exact) mass is 315 g/mol. The molecule has 1 aliphatic heterocycles. The van der Waals surface area contributed by atoms with Crippen LogP contribution >= 0.6 is 11.3 Å². The molecule has 0 bridgehead atoms. The van der Waals surface area contributed by atoms with E-state index in [4.69, 9.17) is 0 Å². The predicted molar refractivity (Wildman–Crippen MR) is 83.4 cm³/mol. The number of hydrogen-bond acceptors (Lipinski definition) is 5. The van der Waals surface area contributed by atoms with E-state index >= 15 is 0 Å². The summed E-state index contributed by atoms with van der Waals surface area (Å²) in [5.41, 5.74) is 0.903. The maximum atomic E-state index is 12.4. The smallest absolute Gasteiger partial charge is 0.327 e. The highest BCUT2D eigenvalue weighted by molar-refractivity contribution is 7.10. The number of aromatic nitrogens is 2. The second-order valence-electron chi connectivity index (χ2n) is 5.44. The minimum absolute atomic E-state index is 0.0726. The molecule has 3 N–H and O–H groups in total. The third-order valence-electron chi connectivity index (χ3n) is 4.12. The Morgan fingerprint density at radius 2 is 2.00 bits per heavy atom. The molecule has 1 atom stereocenters. The number of fused-ring (bicyclic) bond motifs is 1. The first kappa shape index (κ1) is 13.3. The maximum absolute atomic E-state index is 12.4. The van der Waals surface area contributed by atoms with Gasteiger partial charge in [-0.25, -0.2) is 4.79 Å². The number of carbonyl (C=O) groups excluding carboxylic acids is 1. The minimum Gasteiger partial charge on any atom is -0.344 e. The fraction of sp³-hybridized carbons (Fsp3) is 0.267. The molecule has 3 heterocycles. The fourth-order valence-electron chi connectivity index (χ4n) is 3.23. The van der Waals surface area contributed by atoms with Gasteiger partial charge in [0.25, 0.3) is 5.56 Å². The number of rotatable bonds is 1. The second kappa shape index (κ2) is 4.81. The lowest BCUT2D eigenvalue weighted by Gasteiger charge is -2.32. The molecule has 6 nitrogen and oxygen atoms in total. The van der Waals surface area contributed by atoms with Gasteiger partial charge < -0.3 is 5.32 Å². The molecule has 2 aromatic rings. The molecule has 2 aliphatic rings. The van der Waals surface area contributed by atoms with Gasteiger partial charge in [-0.2, -0.15) is 0 Å². The van der Waals surface area contributed by atoms with Crippen LogP contribution in [0.1, 0.15) is 35.6 Å². The van der Waals surface area contributed by atoms with Gasteiger partial charge in [0.2, 0.25) is 0 Å². The van der Waals surface area contributed by atoms with Crippen LogP contribution in [0.5, 0.6) is 0 Å². The Hall–Kier alpha value is -2.41. The topological polar surface area (TPSA) is 94.8 Å². The summed E-state index contributed by atoms with van der Waals surface area (Å²) in [5, 5.41) is 5.01. The summed E-state index contributed by atoms with van der Waals surface area (Å²) in [6.07, 6.45) is 2.03. The van der Waals surface area contributed by atoms with Crippen molar-refractivity contribution < 1.29 is 4.79 Å². The Morgan fingerprint density at radius 1 is 1.14 bits per heavy atom. The fourth-order valence-corrected chi connectivity index (χ4v) is 4.08. The molecule has 7 heteroatoms. The minimum atomic E-state index is -0.549. The Bertz CT molecular complexity index is 905. The van der Waals surface area contributed by atoms with Crippen molar-refractivity contribution in [2.75, 3.05) is 5.32 Å². The third-order valence-corrected chi connectivity index (χ3v) is 5.05. The van der Waals surface area contributed by atoms with E-state index in [1.807, 2.05) is 17.5 Å². The summed E-state index contributed by atoms with van der Waals surface area (Å²) in [5.74, 6) is 0.0728. The molecule has 0 aromatic carbocycles. The molecule has 0 fully saturated rings. The summed E-state index contributed by atoms with van der Waals surface area (Å²) in [6.45, 7) is 0. The molecule has 22 heavy (non-hydrogen) atoms. The summed E-state index contributed by atoms with van der Waals surface area (Å²) >= 11 is 1.50. The van der Waals surface area contributed by atoms with Gasteiger partial charge in [0, 0.05) is 22.6 Å². The zero-order valence-corrected chi connectivity index (χ0v) is 12.4. The molecule has 112 valence electrons. The molecule has 1 unspecified atom stereocenters. The van der Waals surface area contributed by atoms with Crippen molar-refractivity contribution >= 4 is 22.9 Å². The normalized spacial score (nSPS) is 20.4. The highest BCUT2D eigenvalue weighted by Gasteiger charge is 2.37. The number of allylic oxidation sites excluding steroid dienone is 2. The van der Waals surface area contributed by atoms with Crippen LogP contribution in [-0.4, -0.2) is 15.8 Å². The number of Topliss-reactive ketones (excluding diaryl/α,β-unsaturated/α-hetero) is 1. The number of aromatic amines is 2. The summed E-state index contributed by atoms with van der Waals surface area (Å²) < 4.78 is 0. The zero-order valence-electron chi connectivity index (χ0n) is 11.6. The van der Waals surface area contributed by atoms with Gasteiger partial charge in [-0.15, -0.1) is 11.3 Å². The molecule has 1 aliphatic carbocycles. The molecular formula is C15H13N3O3S. The molecule has 4 rings (SSSR count). The number of anilines is 1. The first-order valence-electron chi connectivity index (χ1n) is 7.08. The van der Waals surface area contributed by atoms with E-state index in [0.29, 0.717) is 23.4 Å². The number of ketones is 1. The lowest BCUT2D eigenvalue weighted by atomic mass is 9.79. The number of nitrogens with one attached hydrogen (secondary N) is 3.